The van der Waals surface area contributed by atoms with Crippen molar-refractivity contribution in [1.29, 1.82) is 0 Å². The lowest BCUT2D eigenvalue weighted by molar-refractivity contribution is -0.0539. The Kier molecular flexibility index (Phi) is 3.52. The Hall–Kier alpha value is -1.40. The molecular weight excluding hydrogens is 254 g/mol. The minimum Gasteiger partial charge on any atom is -0.389 e. The van der Waals surface area contributed by atoms with Crippen LogP contribution in [0.15, 0.2) is 12.4 Å². The van der Waals surface area contributed by atoms with Crippen molar-refractivity contribution in [2.75, 3.05) is 50.1 Å². The van der Waals surface area contributed by atoms with Gasteiger partial charge in [0.15, 0.2) is 0 Å². The van der Waals surface area contributed by atoms with Crippen LogP contribution >= 0.6 is 0 Å². The first-order valence-electron chi connectivity index (χ1n) is 7.26. The van der Waals surface area contributed by atoms with Gasteiger partial charge >= 0.3 is 0 Å². The zero-order valence-corrected chi connectivity index (χ0v) is 12.2. The van der Waals surface area contributed by atoms with Crippen molar-refractivity contribution in [2.24, 2.45) is 5.92 Å². The molecule has 0 aromatic carbocycles. The quantitative estimate of drug-likeness (QED) is 0.799. The molecule has 2 fully saturated rings. The predicted octanol–water partition coefficient (Wildman–Crippen LogP) is 0.0933. The highest BCUT2D eigenvalue weighted by molar-refractivity contribution is 5.45. The van der Waals surface area contributed by atoms with Crippen molar-refractivity contribution < 1.29 is 5.11 Å². The van der Waals surface area contributed by atoms with Crippen molar-refractivity contribution in [3.05, 3.63) is 12.4 Å². The van der Waals surface area contributed by atoms with E-state index in [0.717, 1.165) is 50.7 Å². The van der Waals surface area contributed by atoms with Crippen molar-refractivity contribution in [2.45, 2.75) is 18.4 Å². The van der Waals surface area contributed by atoms with Crippen LogP contribution in [0.25, 0.3) is 0 Å². The second-order valence-corrected chi connectivity index (χ2v) is 6.08. The van der Waals surface area contributed by atoms with Gasteiger partial charge in [-0.3, -0.25) is 4.98 Å². The van der Waals surface area contributed by atoms with Crippen LogP contribution in [-0.2, 0) is 0 Å². The molecule has 1 aromatic heterocycles. The zero-order valence-electron chi connectivity index (χ0n) is 12.2. The molecular formula is C14H23N5O. The van der Waals surface area contributed by atoms with Crippen molar-refractivity contribution in [1.82, 2.24) is 15.3 Å². The molecule has 3 rings (SSSR count). The fourth-order valence-electron chi connectivity index (χ4n) is 3.15. The van der Waals surface area contributed by atoms with Gasteiger partial charge in [0.25, 0.3) is 0 Å². The summed E-state index contributed by atoms with van der Waals surface area (Å²) in [7, 11) is 3.93. The van der Waals surface area contributed by atoms with Gasteiger partial charge in [-0.2, -0.15) is 0 Å². The van der Waals surface area contributed by atoms with Crippen LogP contribution in [-0.4, -0.2) is 60.9 Å². The summed E-state index contributed by atoms with van der Waals surface area (Å²) in [6, 6.07) is 0. The van der Waals surface area contributed by atoms with Crippen LogP contribution in [0, 0.1) is 5.92 Å². The average molecular weight is 277 g/mol. The third kappa shape index (κ3) is 2.45. The maximum absolute atomic E-state index is 10.7. The molecule has 3 heterocycles. The predicted molar refractivity (Wildman–Crippen MR) is 79.1 cm³/mol. The molecule has 0 radical (unpaired) electrons. The highest BCUT2D eigenvalue weighted by Gasteiger charge is 2.43. The lowest BCUT2D eigenvalue weighted by Crippen LogP contribution is -2.59. The molecule has 2 unspecified atom stereocenters. The largest absolute Gasteiger partial charge is 0.389 e. The Morgan fingerprint density at radius 1 is 1.40 bits per heavy atom. The number of rotatable bonds is 2. The Labute approximate surface area is 119 Å². The maximum Gasteiger partial charge on any atom is 0.149 e. The lowest BCUT2D eigenvalue weighted by atomic mass is 9.76. The topological polar surface area (TPSA) is 64.5 Å². The highest BCUT2D eigenvalue weighted by atomic mass is 16.3. The molecule has 2 atom stereocenters. The van der Waals surface area contributed by atoms with Gasteiger partial charge in [-0.25, -0.2) is 4.98 Å². The summed E-state index contributed by atoms with van der Waals surface area (Å²) in [5, 5.41) is 14.1. The number of hydrogen-bond donors (Lipinski definition) is 2. The standard InChI is InChI=1S/C14H23N5O/c1-18(2)12-8-16-9-13(17-12)19-6-4-14(20)3-5-15-7-11(14)10-19/h8-9,11,15,20H,3-7,10H2,1-2H3. The molecule has 0 aliphatic carbocycles. The first kappa shape index (κ1) is 13.6. The van der Waals surface area contributed by atoms with Gasteiger partial charge in [0.1, 0.15) is 11.6 Å². The minimum atomic E-state index is -0.492. The van der Waals surface area contributed by atoms with Gasteiger partial charge in [-0.05, 0) is 19.4 Å². The van der Waals surface area contributed by atoms with Crippen LogP contribution in [0.3, 0.4) is 0 Å². The summed E-state index contributed by atoms with van der Waals surface area (Å²) < 4.78 is 0. The van der Waals surface area contributed by atoms with Crippen LogP contribution in [0.2, 0.25) is 0 Å². The van der Waals surface area contributed by atoms with E-state index in [1.54, 1.807) is 6.20 Å². The first-order chi connectivity index (χ1) is 9.58. The molecule has 6 heteroatoms. The van der Waals surface area contributed by atoms with Gasteiger partial charge in [-0.15, -0.1) is 0 Å². The summed E-state index contributed by atoms with van der Waals surface area (Å²) in [4.78, 5) is 13.1. The van der Waals surface area contributed by atoms with Crippen LogP contribution in [0.1, 0.15) is 12.8 Å². The van der Waals surface area contributed by atoms with E-state index < -0.39 is 5.60 Å². The molecule has 0 bridgehead atoms. The van der Waals surface area contributed by atoms with Crippen LogP contribution in [0.4, 0.5) is 11.6 Å². The number of nitrogens with zero attached hydrogens (tertiary/aromatic N) is 4. The van der Waals surface area contributed by atoms with Crippen molar-refractivity contribution >= 4 is 11.6 Å². The Bertz CT molecular complexity index is 480. The first-order valence-corrected chi connectivity index (χ1v) is 7.26. The monoisotopic (exact) mass is 277 g/mol. The van der Waals surface area contributed by atoms with E-state index in [0.29, 0.717) is 0 Å². The fraction of sp³-hybridized carbons (Fsp3) is 0.714. The third-order valence-corrected chi connectivity index (χ3v) is 4.53. The Balaban J connectivity index is 1.77. The second-order valence-electron chi connectivity index (χ2n) is 6.08. The van der Waals surface area contributed by atoms with E-state index in [1.807, 2.05) is 25.2 Å². The molecule has 110 valence electrons. The molecule has 2 N–H and O–H groups in total. The SMILES string of the molecule is CN(C)c1cncc(N2CCC3(O)CCNCC3C2)n1. The summed E-state index contributed by atoms with van der Waals surface area (Å²) in [5.41, 5.74) is -0.492. The van der Waals surface area contributed by atoms with E-state index in [-0.39, 0.29) is 5.92 Å². The van der Waals surface area contributed by atoms with Crippen LogP contribution in [0.5, 0.6) is 0 Å². The fourth-order valence-corrected chi connectivity index (χ4v) is 3.15. The van der Waals surface area contributed by atoms with E-state index in [4.69, 9.17) is 0 Å². The Morgan fingerprint density at radius 3 is 3.05 bits per heavy atom. The number of aliphatic hydroxyl groups is 1. The average Bonchev–Trinajstić information content (AvgIpc) is 2.46. The maximum atomic E-state index is 10.7. The van der Waals surface area contributed by atoms with Crippen LogP contribution < -0.4 is 15.1 Å². The minimum absolute atomic E-state index is 0.273. The number of hydrogen-bond acceptors (Lipinski definition) is 6. The molecule has 2 aliphatic heterocycles. The van der Waals surface area contributed by atoms with E-state index in [9.17, 15) is 5.11 Å². The smallest absolute Gasteiger partial charge is 0.149 e. The lowest BCUT2D eigenvalue weighted by Gasteiger charge is -2.47. The van der Waals surface area contributed by atoms with E-state index in [1.165, 1.54) is 0 Å². The zero-order chi connectivity index (χ0) is 14.2. The third-order valence-electron chi connectivity index (χ3n) is 4.53. The molecule has 1 aromatic rings. The van der Waals surface area contributed by atoms with Crippen molar-refractivity contribution in [3.8, 4) is 0 Å². The number of nitrogens with one attached hydrogen (secondary N) is 1. The molecule has 2 saturated heterocycles. The number of anilines is 2. The Morgan fingerprint density at radius 2 is 2.25 bits per heavy atom. The number of piperidine rings is 2. The van der Waals surface area contributed by atoms with Gasteiger partial charge in [0.2, 0.25) is 0 Å². The van der Waals surface area contributed by atoms with Crippen molar-refractivity contribution in [3.63, 3.8) is 0 Å². The molecule has 0 amide bonds. The normalized spacial score (nSPS) is 29.9. The van der Waals surface area contributed by atoms with E-state index in [2.05, 4.69) is 20.2 Å². The van der Waals surface area contributed by atoms with Gasteiger partial charge in [0, 0.05) is 39.6 Å². The summed E-state index contributed by atoms with van der Waals surface area (Å²) in [6.07, 6.45) is 5.25. The van der Waals surface area contributed by atoms with E-state index >= 15 is 0 Å². The number of aromatic nitrogens is 2. The summed E-state index contributed by atoms with van der Waals surface area (Å²) in [6.45, 7) is 3.49. The van der Waals surface area contributed by atoms with Gasteiger partial charge in [0.05, 0.1) is 18.0 Å². The van der Waals surface area contributed by atoms with Gasteiger partial charge < -0.3 is 20.2 Å². The number of fused-ring (bicyclic) bond motifs is 1. The molecule has 20 heavy (non-hydrogen) atoms. The highest BCUT2D eigenvalue weighted by Crippen LogP contribution is 2.34. The summed E-state index contributed by atoms with van der Waals surface area (Å²) >= 11 is 0. The summed E-state index contributed by atoms with van der Waals surface area (Å²) in [5.74, 6) is 2.05. The van der Waals surface area contributed by atoms with Gasteiger partial charge in [-0.1, -0.05) is 0 Å². The molecule has 0 saturated carbocycles. The second kappa shape index (κ2) is 5.18. The molecule has 2 aliphatic rings. The molecule has 6 nitrogen and oxygen atoms in total. The molecule has 0 spiro atoms.